The van der Waals surface area contributed by atoms with Crippen molar-refractivity contribution in [1.29, 1.82) is 5.26 Å². The van der Waals surface area contributed by atoms with Crippen LogP contribution in [0.15, 0.2) is 0 Å². The largest absolute Gasteiger partial charge is 0.268 e. The van der Waals surface area contributed by atoms with Gasteiger partial charge in [0.2, 0.25) is 0 Å². The molecule has 3 nitrogen and oxygen atoms in total. The van der Waals surface area contributed by atoms with Crippen LogP contribution in [0.25, 0.3) is 0 Å². The van der Waals surface area contributed by atoms with Crippen LogP contribution < -0.4 is 0 Å². The molecule has 0 bridgehead atoms. The molecule has 19 heavy (non-hydrogen) atoms. The molecule has 0 N–H and O–H groups in total. The van der Waals surface area contributed by atoms with Crippen molar-refractivity contribution in [3.8, 4) is 6.07 Å². The summed E-state index contributed by atoms with van der Waals surface area (Å²) in [6, 6.07) is 2.58. The van der Waals surface area contributed by atoms with E-state index in [2.05, 4.69) is 25.0 Å². The minimum absolute atomic E-state index is 0.232. The van der Waals surface area contributed by atoms with Gasteiger partial charge in [-0.2, -0.15) is 10.4 Å². The quantitative estimate of drug-likeness (QED) is 0.832. The lowest BCUT2D eigenvalue weighted by Crippen LogP contribution is -2.20. The highest BCUT2D eigenvalue weighted by Crippen LogP contribution is 2.45. The van der Waals surface area contributed by atoms with Gasteiger partial charge in [0.1, 0.15) is 0 Å². The van der Waals surface area contributed by atoms with Crippen LogP contribution in [0.5, 0.6) is 0 Å². The summed E-state index contributed by atoms with van der Waals surface area (Å²) in [5.74, 6) is 0.692. The zero-order valence-corrected chi connectivity index (χ0v) is 12.8. The number of hydrogen-bond acceptors (Lipinski definition) is 2. The van der Waals surface area contributed by atoms with Gasteiger partial charge in [0.25, 0.3) is 0 Å². The van der Waals surface area contributed by atoms with Gasteiger partial charge in [-0.15, -0.1) is 0 Å². The molecule has 2 atom stereocenters. The van der Waals surface area contributed by atoms with Crippen molar-refractivity contribution < 1.29 is 0 Å². The van der Waals surface area contributed by atoms with Gasteiger partial charge in [-0.25, -0.2) is 0 Å². The first-order valence-electron chi connectivity index (χ1n) is 7.18. The molecule has 0 saturated heterocycles. The molecule has 0 radical (unpaired) electrons. The first kappa shape index (κ1) is 14.4. The average molecular weight is 280 g/mol. The van der Waals surface area contributed by atoms with Crippen LogP contribution in [0.4, 0.5) is 0 Å². The van der Waals surface area contributed by atoms with E-state index in [1.54, 1.807) is 0 Å². The maximum atomic E-state index is 9.63. The number of aromatic nitrogens is 2. The summed E-state index contributed by atoms with van der Waals surface area (Å²) < 4.78 is 1.95. The third kappa shape index (κ3) is 2.65. The third-order valence-electron chi connectivity index (χ3n) is 4.48. The van der Waals surface area contributed by atoms with E-state index < -0.39 is 0 Å². The predicted octanol–water partition coefficient (Wildman–Crippen LogP) is 4.13. The fraction of sp³-hybridized carbons (Fsp3) is 0.733. The minimum atomic E-state index is -0.232. The highest BCUT2D eigenvalue weighted by Gasteiger charge is 2.40. The summed E-state index contributed by atoms with van der Waals surface area (Å²) in [4.78, 5) is 0. The van der Waals surface area contributed by atoms with E-state index in [1.807, 2.05) is 11.6 Å². The fourth-order valence-corrected chi connectivity index (χ4v) is 3.45. The Labute approximate surface area is 120 Å². The summed E-state index contributed by atoms with van der Waals surface area (Å²) in [5.41, 5.74) is 1.68. The summed E-state index contributed by atoms with van der Waals surface area (Å²) >= 11 is 6.37. The Morgan fingerprint density at radius 2 is 2.26 bits per heavy atom. The number of nitrogens with zero attached hydrogens (tertiary/aromatic N) is 3. The predicted molar refractivity (Wildman–Crippen MR) is 77.0 cm³/mol. The van der Waals surface area contributed by atoms with Gasteiger partial charge in [0, 0.05) is 13.0 Å². The second-order valence-corrected chi connectivity index (χ2v) is 6.13. The lowest BCUT2D eigenvalue weighted by atomic mass is 9.82. The zero-order valence-electron chi connectivity index (χ0n) is 12.0. The van der Waals surface area contributed by atoms with Gasteiger partial charge in [-0.3, -0.25) is 4.68 Å². The zero-order chi connectivity index (χ0) is 14.0. The molecule has 1 heterocycles. The number of halogens is 1. The van der Waals surface area contributed by atoms with Crippen LogP contribution in [-0.2, 0) is 13.0 Å². The SMILES string of the molecule is CCC1CCC(C#N)(Cc2c(Cl)c(C)nn2CC)C1. The minimum Gasteiger partial charge on any atom is -0.268 e. The topological polar surface area (TPSA) is 41.6 Å². The summed E-state index contributed by atoms with van der Waals surface area (Å²) in [6.45, 7) is 7.02. The average Bonchev–Trinajstić information content (AvgIpc) is 2.96. The van der Waals surface area contributed by atoms with Crippen molar-refractivity contribution in [3.63, 3.8) is 0 Å². The highest BCUT2D eigenvalue weighted by atomic mass is 35.5. The van der Waals surface area contributed by atoms with Gasteiger partial charge >= 0.3 is 0 Å². The first-order valence-corrected chi connectivity index (χ1v) is 7.56. The van der Waals surface area contributed by atoms with Crippen molar-refractivity contribution in [2.24, 2.45) is 11.3 Å². The molecule has 2 unspecified atom stereocenters. The van der Waals surface area contributed by atoms with Crippen molar-refractivity contribution in [1.82, 2.24) is 9.78 Å². The van der Waals surface area contributed by atoms with E-state index in [-0.39, 0.29) is 5.41 Å². The summed E-state index contributed by atoms with van der Waals surface area (Å²) in [7, 11) is 0. The second kappa shape index (κ2) is 5.54. The Balaban J connectivity index is 2.27. The number of nitriles is 1. The smallest absolute Gasteiger partial charge is 0.0847 e. The van der Waals surface area contributed by atoms with Gasteiger partial charge in [-0.1, -0.05) is 24.9 Å². The van der Waals surface area contributed by atoms with E-state index in [4.69, 9.17) is 11.6 Å². The van der Waals surface area contributed by atoms with E-state index in [0.29, 0.717) is 5.92 Å². The molecule has 0 aromatic carbocycles. The maximum Gasteiger partial charge on any atom is 0.0847 e. The highest BCUT2D eigenvalue weighted by molar-refractivity contribution is 6.31. The normalized spacial score (nSPS) is 26.6. The van der Waals surface area contributed by atoms with Crippen LogP contribution in [0.3, 0.4) is 0 Å². The number of aryl methyl sites for hydroxylation is 2. The van der Waals surface area contributed by atoms with Gasteiger partial charge in [0.05, 0.1) is 27.9 Å². The maximum absolute atomic E-state index is 9.63. The molecule has 1 aliphatic carbocycles. The first-order chi connectivity index (χ1) is 9.05. The lowest BCUT2D eigenvalue weighted by molar-refractivity contribution is 0.368. The number of rotatable bonds is 4. The van der Waals surface area contributed by atoms with Gasteiger partial charge < -0.3 is 0 Å². The molecule has 1 aromatic heterocycles. The van der Waals surface area contributed by atoms with Crippen molar-refractivity contribution in [2.45, 2.75) is 59.4 Å². The molecule has 1 fully saturated rings. The van der Waals surface area contributed by atoms with Gasteiger partial charge in [0.15, 0.2) is 0 Å². The summed E-state index contributed by atoms with van der Waals surface area (Å²) in [5, 5.41) is 14.8. The van der Waals surface area contributed by atoms with E-state index in [0.717, 1.165) is 42.2 Å². The molecule has 1 aromatic rings. The molecule has 1 aliphatic rings. The molecule has 104 valence electrons. The van der Waals surface area contributed by atoms with E-state index in [1.165, 1.54) is 12.8 Å². The lowest BCUT2D eigenvalue weighted by Gasteiger charge is -2.21. The Bertz CT molecular complexity index is 500. The monoisotopic (exact) mass is 279 g/mol. The van der Waals surface area contributed by atoms with E-state index in [9.17, 15) is 5.26 Å². The van der Waals surface area contributed by atoms with Crippen LogP contribution in [0.2, 0.25) is 5.02 Å². The van der Waals surface area contributed by atoms with Crippen LogP contribution in [-0.4, -0.2) is 9.78 Å². The molecule has 1 saturated carbocycles. The standard InChI is InChI=1S/C15H22ClN3/c1-4-12-6-7-15(8-12,10-17)9-13-14(16)11(3)18-19(13)5-2/h12H,4-9H2,1-3H3. The number of hydrogen-bond donors (Lipinski definition) is 0. The molecule has 2 rings (SSSR count). The molecule has 0 spiro atoms. The molecular weight excluding hydrogens is 258 g/mol. The Morgan fingerprint density at radius 3 is 2.79 bits per heavy atom. The molecular formula is C15H22ClN3. The van der Waals surface area contributed by atoms with Crippen molar-refractivity contribution in [2.75, 3.05) is 0 Å². The molecule has 4 heteroatoms. The van der Waals surface area contributed by atoms with Crippen molar-refractivity contribution >= 4 is 11.6 Å². The van der Waals surface area contributed by atoms with Crippen molar-refractivity contribution in [3.05, 3.63) is 16.4 Å². The third-order valence-corrected chi connectivity index (χ3v) is 4.98. The second-order valence-electron chi connectivity index (χ2n) is 5.75. The molecule has 0 aliphatic heterocycles. The molecule has 0 amide bonds. The Morgan fingerprint density at radius 1 is 1.53 bits per heavy atom. The van der Waals surface area contributed by atoms with Crippen LogP contribution >= 0.6 is 11.6 Å². The van der Waals surface area contributed by atoms with Crippen LogP contribution in [0.1, 0.15) is 50.9 Å². The van der Waals surface area contributed by atoms with E-state index >= 15 is 0 Å². The summed E-state index contributed by atoms with van der Waals surface area (Å²) in [6.07, 6.45) is 5.08. The fourth-order valence-electron chi connectivity index (χ4n) is 3.25. The Kier molecular flexibility index (Phi) is 4.20. The van der Waals surface area contributed by atoms with Crippen LogP contribution in [0, 0.1) is 29.6 Å². The van der Waals surface area contributed by atoms with Gasteiger partial charge in [-0.05, 0) is 39.0 Å². The Hall–Kier alpha value is -1.01.